The molecule has 2 aliphatic heterocycles. The van der Waals surface area contributed by atoms with Gasteiger partial charge in [-0.2, -0.15) is 5.26 Å². The van der Waals surface area contributed by atoms with Crippen molar-refractivity contribution >= 4 is 11.7 Å². The Kier molecular flexibility index (Phi) is 6.93. The normalized spacial score (nSPS) is 16.9. The number of piperidine rings is 1. The Morgan fingerprint density at radius 1 is 1.23 bits per heavy atom. The number of imidazole rings is 1. The molecule has 6 rings (SSSR count). The first-order valence-electron chi connectivity index (χ1n) is 13.4. The first-order chi connectivity index (χ1) is 19.6. The summed E-state index contributed by atoms with van der Waals surface area (Å²) < 4.78 is 13.6. The Labute approximate surface area is 232 Å². The summed E-state index contributed by atoms with van der Waals surface area (Å²) in [5.74, 6) is 1.98. The van der Waals surface area contributed by atoms with Gasteiger partial charge in [0.1, 0.15) is 12.4 Å². The zero-order valence-corrected chi connectivity index (χ0v) is 22.4. The number of methoxy groups -OCH3 is 1. The van der Waals surface area contributed by atoms with Gasteiger partial charge >= 0.3 is 0 Å². The van der Waals surface area contributed by atoms with Gasteiger partial charge in [0, 0.05) is 35.8 Å². The molecule has 4 heterocycles. The smallest absolute Gasteiger partial charge is 0.245 e. The SMILES string of the molecule is C=CC(=O)N1CCC(N(CC#N)[C@H]2COc3cc(-c4nc5ncc(OC)cn5c4-c4ccccc4)ccc32)CC1. The molecule has 0 radical (unpaired) electrons. The number of nitriles is 1. The lowest BCUT2D eigenvalue weighted by Crippen LogP contribution is -2.48. The first-order valence-corrected chi connectivity index (χ1v) is 13.4. The van der Waals surface area contributed by atoms with E-state index in [1.54, 1.807) is 13.3 Å². The third-order valence-corrected chi connectivity index (χ3v) is 7.86. The number of nitrogens with zero attached hydrogens (tertiary/aromatic N) is 6. The van der Waals surface area contributed by atoms with Crippen LogP contribution in [0.4, 0.5) is 0 Å². The van der Waals surface area contributed by atoms with Crippen molar-refractivity contribution in [1.82, 2.24) is 24.2 Å². The molecule has 9 nitrogen and oxygen atoms in total. The Bertz CT molecular complexity index is 1600. The molecule has 2 aliphatic rings. The second-order valence-electron chi connectivity index (χ2n) is 10.0. The zero-order valence-electron chi connectivity index (χ0n) is 22.4. The largest absolute Gasteiger partial charge is 0.494 e. The maximum Gasteiger partial charge on any atom is 0.245 e. The van der Waals surface area contributed by atoms with Gasteiger partial charge in [-0.3, -0.25) is 14.1 Å². The molecule has 2 aromatic carbocycles. The molecule has 202 valence electrons. The molecule has 9 heteroatoms. The zero-order chi connectivity index (χ0) is 27.6. The third-order valence-electron chi connectivity index (χ3n) is 7.86. The summed E-state index contributed by atoms with van der Waals surface area (Å²) in [6.45, 7) is 5.69. The molecule has 0 N–H and O–H groups in total. The minimum atomic E-state index is -0.0391. The second kappa shape index (κ2) is 10.8. The number of hydrogen-bond acceptors (Lipinski definition) is 7. The van der Waals surface area contributed by atoms with Crippen molar-refractivity contribution in [3.05, 3.63) is 79.1 Å². The molecular formula is C31H30N6O3. The van der Waals surface area contributed by atoms with Crippen molar-refractivity contribution in [3.63, 3.8) is 0 Å². The molecule has 0 aliphatic carbocycles. The van der Waals surface area contributed by atoms with E-state index in [4.69, 9.17) is 14.5 Å². The van der Waals surface area contributed by atoms with Gasteiger partial charge in [0.25, 0.3) is 0 Å². The van der Waals surface area contributed by atoms with E-state index >= 15 is 0 Å². The van der Waals surface area contributed by atoms with E-state index in [2.05, 4.69) is 46.8 Å². The number of benzene rings is 2. The van der Waals surface area contributed by atoms with Gasteiger partial charge in [-0.25, -0.2) is 9.97 Å². The summed E-state index contributed by atoms with van der Waals surface area (Å²) >= 11 is 0. The molecule has 4 aromatic rings. The highest BCUT2D eigenvalue weighted by Crippen LogP contribution is 2.42. The molecule has 40 heavy (non-hydrogen) atoms. The van der Waals surface area contributed by atoms with Crippen LogP contribution in [-0.4, -0.2) is 69.5 Å². The van der Waals surface area contributed by atoms with Gasteiger partial charge in [-0.15, -0.1) is 0 Å². The summed E-state index contributed by atoms with van der Waals surface area (Å²) in [6, 6.07) is 18.8. The topological polar surface area (TPSA) is 96.0 Å². The number of carbonyl (C=O) groups is 1. The van der Waals surface area contributed by atoms with E-state index in [-0.39, 0.29) is 18.0 Å². The molecular weight excluding hydrogens is 504 g/mol. The van der Waals surface area contributed by atoms with E-state index in [0.29, 0.717) is 37.8 Å². The van der Waals surface area contributed by atoms with Crippen LogP contribution < -0.4 is 9.47 Å². The fraction of sp³-hybridized carbons (Fsp3) is 0.290. The Morgan fingerprint density at radius 2 is 2.02 bits per heavy atom. The lowest BCUT2D eigenvalue weighted by Gasteiger charge is -2.39. The number of hydrogen-bond donors (Lipinski definition) is 0. The summed E-state index contributed by atoms with van der Waals surface area (Å²) in [6.07, 6.45) is 6.55. The molecule has 1 amide bonds. The number of likely N-dealkylation sites (tertiary alicyclic amines) is 1. The lowest BCUT2D eigenvalue weighted by atomic mass is 9.97. The van der Waals surface area contributed by atoms with Gasteiger partial charge in [0.15, 0.2) is 5.75 Å². The monoisotopic (exact) mass is 534 g/mol. The van der Waals surface area contributed by atoms with E-state index in [0.717, 1.165) is 46.7 Å². The van der Waals surface area contributed by atoms with Gasteiger partial charge in [0.2, 0.25) is 11.7 Å². The van der Waals surface area contributed by atoms with Crippen molar-refractivity contribution in [3.8, 4) is 40.1 Å². The van der Waals surface area contributed by atoms with Crippen LogP contribution in [0.3, 0.4) is 0 Å². The average Bonchev–Trinajstić information content (AvgIpc) is 3.61. The molecule has 1 atom stereocenters. The molecule has 1 fully saturated rings. The van der Waals surface area contributed by atoms with Crippen molar-refractivity contribution < 1.29 is 14.3 Å². The van der Waals surface area contributed by atoms with Crippen LogP contribution in [0.25, 0.3) is 28.3 Å². The minimum absolute atomic E-state index is 0.0315. The third kappa shape index (κ3) is 4.56. The van der Waals surface area contributed by atoms with Crippen LogP contribution in [0.5, 0.6) is 11.5 Å². The van der Waals surface area contributed by atoms with E-state index < -0.39 is 0 Å². The predicted molar refractivity (Wildman–Crippen MR) is 151 cm³/mol. The standard InChI is InChI=1S/C31H30N6O3/c1-3-28(38)35-14-11-23(12-15-35)36(16-13-32)26-20-40-27-17-22(9-10-25(26)27)29-30(21-7-5-4-6-8-21)37-19-24(39-2)18-33-31(37)34-29/h3-10,17-19,23,26H,1,11-12,14-16,20H2,2H3/t26-/m0/s1. The number of aromatic nitrogens is 3. The quantitative estimate of drug-likeness (QED) is 0.254. The summed E-state index contributed by atoms with van der Waals surface area (Å²) in [7, 11) is 1.62. The number of carbonyl (C=O) groups excluding carboxylic acids is 1. The summed E-state index contributed by atoms with van der Waals surface area (Å²) in [5, 5.41) is 9.66. The molecule has 2 aromatic heterocycles. The van der Waals surface area contributed by atoms with Gasteiger partial charge in [0.05, 0.1) is 49.5 Å². The van der Waals surface area contributed by atoms with Crippen LogP contribution in [0.1, 0.15) is 24.4 Å². The first kappa shape index (κ1) is 25.6. The average molecular weight is 535 g/mol. The number of rotatable bonds is 7. The van der Waals surface area contributed by atoms with E-state index in [1.165, 1.54) is 6.08 Å². The van der Waals surface area contributed by atoms with Crippen molar-refractivity contribution in [2.24, 2.45) is 0 Å². The lowest BCUT2D eigenvalue weighted by molar-refractivity contribution is -0.127. The van der Waals surface area contributed by atoms with Crippen molar-refractivity contribution in [2.75, 3.05) is 33.4 Å². The van der Waals surface area contributed by atoms with Crippen LogP contribution in [0, 0.1) is 11.3 Å². The highest BCUT2D eigenvalue weighted by atomic mass is 16.5. The molecule has 0 saturated carbocycles. The van der Waals surface area contributed by atoms with Gasteiger partial charge in [-0.1, -0.05) is 49.0 Å². The van der Waals surface area contributed by atoms with Crippen molar-refractivity contribution in [1.29, 1.82) is 5.26 Å². The molecule has 1 saturated heterocycles. The number of ether oxygens (including phenoxy) is 2. The predicted octanol–water partition coefficient (Wildman–Crippen LogP) is 4.51. The van der Waals surface area contributed by atoms with Gasteiger partial charge < -0.3 is 14.4 Å². The highest BCUT2D eigenvalue weighted by molar-refractivity contribution is 5.87. The Hall–Kier alpha value is -4.68. The number of fused-ring (bicyclic) bond motifs is 2. The molecule has 0 spiro atoms. The highest BCUT2D eigenvalue weighted by Gasteiger charge is 2.36. The van der Waals surface area contributed by atoms with E-state index in [1.807, 2.05) is 39.8 Å². The molecule has 0 bridgehead atoms. The van der Waals surface area contributed by atoms with Crippen molar-refractivity contribution in [2.45, 2.75) is 24.9 Å². The molecule has 0 unspecified atom stereocenters. The van der Waals surface area contributed by atoms with Gasteiger partial charge in [-0.05, 0) is 25.0 Å². The Morgan fingerprint density at radius 3 is 2.75 bits per heavy atom. The van der Waals surface area contributed by atoms with Crippen LogP contribution in [0.2, 0.25) is 0 Å². The summed E-state index contributed by atoms with van der Waals surface area (Å²) in [5.41, 5.74) is 4.72. The minimum Gasteiger partial charge on any atom is -0.494 e. The fourth-order valence-corrected chi connectivity index (χ4v) is 5.83. The second-order valence-corrected chi connectivity index (χ2v) is 10.0. The van der Waals surface area contributed by atoms with Crippen LogP contribution in [0.15, 0.2) is 73.6 Å². The number of amides is 1. The fourth-order valence-electron chi connectivity index (χ4n) is 5.83. The maximum atomic E-state index is 12.0. The van der Waals surface area contributed by atoms with E-state index in [9.17, 15) is 10.1 Å². The summed E-state index contributed by atoms with van der Waals surface area (Å²) in [4.78, 5) is 25.5. The maximum absolute atomic E-state index is 12.0. The Balaban J connectivity index is 1.34. The van der Waals surface area contributed by atoms with Crippen LogP contribution >= 0.6 is 0 Å². The van der Waals surface area contributed by atoms with Crippen LogP contribution in [-0.2, 0) is 4.79 Å².